The molecule has 4 heteroatoms. The highest BCUT2D eigenvalue weighted by molar-refractivity contribution is 9.09. The molecule has 1 unspecified atom stereocenters. The molecule has 0 saturated heterocycles. The van der Waals surface area contributed by atoms with Gasteiger partial charge in [-0.2, -0.15) is 0 Å². The molecule has 1 atom stereocenters. The molecule has 15 heavy (non-hydrogen) atoms. The van der Waals surface area contributed by atoms with Gasteiger partial charge in [0, 0.05) is 11.4 Å². The van der Waals surface area contributed by atoms with Crippen LogP contribution in [0.1, 0.15) is 40.5 Å². The van der Waals surface area contributed by atoms with Crippen molar-refractivity contribution in [3.05, 3.63) is 0 Å². The van der Waals surface area contributed by atoms with E-state index in [-0.39, 0.29) is 24.2 Å². The largest absolute Gasteiger partial charge is 0.366 e. The molecule has 90 valence electrons. The summed E-state index contributed by atoms with van der Waals surface area (Å²) in [5.74, 6) is -0.0299. The van der Waals surface area contributed by atoms with E-state index in [0.29, 0.717) is 0 Å². The quantitative estimate of drug-likeness (QED) is 0.759. The van der Waals surface area contributed by atoms with Gasteiger partial charge in [0.15, 0.2) is 0 Å². The van der Waals surface area contributed by atoms with E-state index in [9.17, 15) is 4.79 Å². The van der Waals surface area contributed by atoms with E-state index in [1.807, 2.05) is 20.8 Å². The molecule has 0 saturated carbocycles. The normalized spacial score (nSPS) is 13.7. The number of amides is 1. The van der Waals surface area contributed by atoms with Crippen LogP contribution in [0.15, 0.2) is 0 Å². The maximum Gasteiger partial charge on any atom is 0.246 e. The lowest BCUT2D eigenvalue weighted by Crippen LogP contribution is -2.38. The van der Waals surface area contributed by atoms with Gasteiger partial charge in [0.1, 0.15) is 6.61 Å². The van der Waals surface area contributed by atoms with Crippen LogP contribution in [0.5, 0.6) is 0 Å². The monoisotopic (exact) mass is 279 g/mol. The van der Waals surface area contributed by atoms with E-state index in [1.165, 1.54) is 0 Å². The summed E-state index contributed by atoms with van der Waals surface area (Å²) in [6, 6.07) is 0.250. The minimum absolute atomic E-state index is 0.0299. The maximum absolute atomic E-state index is 11.5. The predicted molar refractivity (Wildman–Crippen MR) is 66.3 cm³/mol. The van der Waals surface area contributed by atoms with Crippen LogP contribution in [-0.2, 0) is 9.53 Å². The van der Waals surface area contributed by atoms with Gasteiger partial charge in [-0.1, -0.05) is 22.9 Å². The van der Waals surface area contributed by atoms with E-state index in [1.54, 1.807) is 0 Å². The molecule has 0 radical (unpaired) electrons. The highest BCUT2D eigenvalue weighted by Gasteiger charge is 2.14. The van der Waals surface area contributed by atoms with Crippen molar-refractivity contribution in [2.24, 2.45) is 0 Å². The number of nitrogens with one attached hydrogen (secondary N) is 1. The SMILES string of the molecule is CCC(CCBr)NC(=O)COC(C)(C)C. The molecule has 0 aliphatic heterocycles. The summed E-state index contributed by atoms with van der Waals surface area (Å²) in [5, 5.41) is 3.85. The molecule has 0 aliphatic carbocycles. The third-order valence-electron chi connectivity index (χ3n) is 1.95. The Bertz CT molecular complexity index is 190. The maximum atomic E-state index is 11.5. The average molecular weight is 280 g/mol. The molecule has 0 aromatic carbocycles. The summed E-state index contributed by atoms with van der Waals surface area (Å²) in [7, 11) is 0. The van der Waals surface area contributed by atoms with Gasteiger partial charge in [-0.25, -0.2) is 0 Å². The molecule has 0 aromatic rings. The van der Waals surface area contributed by atoms with E-state index in [2.05, 4.69) is 28.2 Å². The van der Waals surface area contributed by atoms with Crippen LogP contribution in [0.2, 0.25) is 0 Å². The standard InChI is InChI=1S/C11H22BrNO2/c1-5-9(6-7-12)13-10(14)8-15-11(2,3)4/h9H,5-8H2,1-4H3,(H,13,14). The Morgan fingerprint density at radius 2 is 2.07 bits per heavy atom. The van der Waals surface area contributed by atoms with Crippen molar-refractivity contribution < 1.29 is 9.53 Å². The molecule has 0 spiro atoms. The average Bonchev–Trinajstić information content (AvgIpc) is 2.13. The number of carbonyl (C=O) groups is 1. The fraction of sp³-hybridized carbons (Fsp3) is 0.909. The zero-order valence-electron chi connectivity index (χ0n) is 10.1. The second-order valence-electron chi connectivity index (χ2n) is 4.55. The second kappa shape index (κ2) is 7.23. The lowest BCUT2D eigenvalue weighted by atomic mass is 10.2. The molecule has 1 N–H and O–H groups in total. The van der Waals surface area contributed by atoms with Crippen molar-refractivity contribution in [3.8, 4) is 0 Å². The number of hydrogen-bond acceptors (Lipinski definition) is 2. The van der Waals surface area contributed by atoms with Crippen molar-refractivity contribution >= 4 is 21.8 Å². The van der Waals surface area contributed by atoms with Gasteiger partial charge in [0.2, 0.25) is 5.91 Å². The van der Waals surface area contributed by atoms with Gasteiger partial charge >= 0.3 is 0 Å². The third kappa shape index (κ3) is 8.88. The van der Waals surface area contributed by atoms with Gasteiger partial charge in [-0.05, 0) is 33.6 Å². The summed E-state index contributed by atoms with van der Waals surface area (Å²) in [4.78, 5) is 11.5. The van der Waals surface area contributed by atoms with Gasteiger partial charge in [0.25, 0.3) is 0 Å². The number of halogens is 1. The summed E-state index contributed by atoms with van der Waals surface area (Å²) in [6.45, 7) is 8.03. The summed E-state index contributed by atoms with van der Waals surface area (Å²) in [5.41, 5.74) is -0.255. The van der Waals surface area contributed by atoms with Crippen molar-refractivity contribution in [1.29, 1.82) is 0 Å². The van der Waals surface area contributed by atoms with Crippen molar-refractivity contribution in [2.45, 2.75) is 52.2 Å². The molecule has 0 aromatic heterocycles. The number of ether oxygens (including phenoxy) is 1. The first-order valence-electron chi connectivity index (χ1n) is 5.38. The molecule has 0 heterocycles. The van der Waals surface area contributed by atoms with Crippen LogP contribution >= 0.6 is 15.9 Å². The van der Waals surface area contributed by atoms with Crippen LogP contribution in [0.25, 0.3) is 0 Å². The minimum atomic E-state index is -0.255. The Balaban J connectivity index is 3.81. The Morgan fingerprint density at radius 3 is 2.47 bits per heavy atom. The van der Waals surface area contributed by atoms with E-state index >= 15 is 0 Å². The molecular formula is C11H22BrNO2. The lowest BCUT2D eigenvalue weighted by molar-refractivity contribution is -0.131. The third-order valence-corrected chi connectivity index (χ3v) is 2.41. The fourth-order valence-electron chi connectivity index (χ4n) is 1.06. The highest BCUT2D eigenvalue weighted by atomic mass is 79.9. The molecule has 0 aliphatic rings. The van der Waals surface area contributed by atoms with E-state index in [4.69, 9.17) is 4.74 Å². The topological polar surface area (TPSA) is 38.3 Å². The Kier molecular flexibility index (Phi) is 7.18. The predicted octanol–water partition coefficient (Wildman–Crippen LogP) is 2.48. The zero-order chi connectivity index (χ0) is 11.9. The first-order valence-corrected chi connectivity index (χ1v) is 6.50. The number of alkyl halides is 1. The van der Waals surface area contributed by atoms with Gasteiger partial charge in [0.05, 0.1) is 5.60 Å². The lowest BCUT2D eigenvalue weighted by Gasteiger charge is -2.21. The Hall–Kier alpha value is -0.0900. The first-order chi connectivity index (χ1) is 6.89. The van der Waals surface area contributed by atoms with Gasteiger partial charge in [-0.3, -0.25) is 4.79 Å². The summed E-state index contributed by atoms with van der Waals surface area (Å²) >= 11 is 3.37. The van der Waals surface area contributed by atoms with Crippen LogP contribution in [0, 0.1) is 0 Å². The van der Waals surface area contributed by atoms with Crippen molar-refractivity contribution in [1.82, 2.24) is 5.32 Å². The Labute approximate surface area is 101 Å². The van der Waals surface area contributed by atoms with Gasteiger partial charge < -0.3 is 10.1 Å². The minimum Gasteiger partial charge on any atom is -0.366 e. The fourth-order valence-corrected chi connectivity index (χ4v) is 1.61. The molecule has 0 rings (SSSR count). The van der Waals surface area contributed by atoms with Crippen LogP contribution in [0.4, 0.5) is 0 Å². The number of rotatable bonds is 6. The Morgan fingerprint density at radius 1 is 1.47 bits per heavy atom. The molecule has 0 bridgehead atoms. The first kappa shape index (κ1) is 14.9. The van der Waals surface area contributed by atoms with E-state index in [0.717, 1.165) is 18.2 Å². The van der Waals surface area contributed by atoms with Crippen LogP contribution < -0.4 is 5.32 Å². The van der Waals surface area contributed by atoms with Crippen molar-refractivity contribution in [2.75, 3.05) is 11.9 Å². The van der Waals surface area contributed by atoms with E-state index < -0.39 is 0 Å². The number of carbonyl (C=O) groups excluding carboxylic acids is 1. The zero-order valence-corrected chi connectivity index (χ0v) is 11.7. The van der Waals surface area contributed by atoms with Gasteiger partial charge in [-0.15, -0.1) is 0 Å². The number of hydrogen-bond donors (Lipinski definition) is 1. The van der Waals surface area contributed by atoms with Crippen LogP contribution in [-0.4, -0.2) is 29.5 Å². The smallest absolute Gasteiger partial charge is 0.246 e. The highest BCUT2D eigenvalue weighted by Crippen LogP contribution is 2.06. The molecule has 1 amide bonds. The summed E-state index contributed by atoms with van der Waals surface area (Å²) < 4.78 is 5.39. The molecule has 3 nitrogen and oxygen atoms in total. The molecular weight excluding hydrogens is 258 g/mol. The summed E-state index contributed by atoms with van der Waals surface area (Å²) in [6.07, 6.45) is 1.91. The second-order valence-corrected chi connectivity index (χ2v) is 5.34. The molecule has 0 fully saturated rings. The van der Waals surface area contributed by atoms with Crippen LogP contribution in [0.3, 0.4) is 0 Å². The van der Waals surface area contributed by atoms with Crippen molar-refractivity contribution in [3.63, 3.8) is 0 Å².